The van der Waals surface area contributed by atoms with Crippen LogP contribution in [0.1, 0.15) is 53.5 Å². The lowest BCUT2D eigenvalue weighted by atomic mass is 9.87. The van der Waals surface area contributed by atoms with Gasteiger partial charge in [-0.3, -0.25) is 4.79 Å². The van der Waals surface area contributed by atoms with E-state index in [0.29, 0.717) is 17.2 Å². The van der Waals surface area contributed by atoms with Gasteiger partial charge < -0.3 is 5.32 Å². The summed E-state index contributed by atoms with van der Waals surface area (Å²) in [6.07, 6.45) is 0. The van der Waals surface area contributed by atoms with E-state index in [1.54, 1.807) is 4.68 Å². The van der Waals surface area contributed by atoms with E-state index in [1.165, 1.54) is 5.56 Å². The highest BCUT2D eigenvalue weighted by atomic mass is 16.1. The van der Waals surface area contributed by atoms with Gasteiger partial charge in [-0.25, -0.2) is 4.98 Å². The molecule has 158 valence electrons. The van der Waals surface area contributed by atoms with Crippen LogP contribution in [0.25, 0.3) is 16.7 Å². The molecule has 2 heterocycles. The maximum absolute atomic E-state index is 12.9. The molecule has 1 N–H and O–H groups in total. The summed E-state index contributed by atoms with van der Waals surface area (Å²) >= 11 is 0. The van der Waals surface area contributed by atoms with Crippen LogP contribution in [-0.4, -0.2) is 20.7 Å². The van der Waals surface area contributed by atoms with Gasteiger partial charge in [-0.05, 0) is 61.1 Å². The van der Waals surface area contributed by atoms with Crippen LogP contribution in [0.15, 0.2) is 54.6 Å². The van der Waals surface area contributed by atoms with Crippen molar-refractivity contribution in [3.8, 4) is 5.82 Å². The third kappa shape index (κ3) is 4.08. The molecule has 4 rings (SSSR count). The summed E-state index contributed by atoms with van der Waals surface area (Å²) in [5, 5.41) is 8.72. The van der Waals surface area contributed by atoms with Gasteiger partial charge in [-0.15, -0.1) is 0 Å². The van der Waals surface area contributed by atoms with Crippen molar-refractivity contribution in [2.24, 2.45) is 0 Å². The molecule has 0 saturated heterocycles. The quantitative estimate of drug-likeness (QED) is 0.456. The lowest BCUT2D eigenvalue weighted by Crippen LogP contribution is -2.16. The maximum atomic E-state index is 12.9. The number of hydrogen-bond acceptors (Lipinski definition) is 3. The first-order valence-electron chi connectivity index (χ1n) is 10.5. The van der Waals surface area contributed by atoms with Crippen LogP contribution in [0.3, 0.4) is 0 Å². The van der Waals surface area contributed by atoms with Crippen molar-refractivity contribution in [1.82, 2.24) is 14.8 Å². The number of nitrogens with one attached hydrogen (secondary N) is 1. The molecule has 5 nitrogen and oxygen atoms in total. The summed E-state index contributed by atoms with van der Waals surface area (Å²) < 4.78 is 1.70. The number of aryl methyl sites for hydroxylation is 3. The zero-order chi connectivity index (χ0) is 22.3. The molecule has 1 amide bonds. The average Bonchev–Trinajstić information content (AvgIpc) is 3.08. The number of fused-ring (bicyclic) bond motifs is 1. The van der Waals surface area contributed by atoms with Crippen LogP contribution >= 0.6 is 0 Å². The van der Waals surface area contributed by atoms with Gasteiger partial charge in [0.05, 0.1) is 11.2 Å². The van der Waals surface area contributed by atoms with Crippen molar-refractivity contribution in [3.05, 3.63) is 82.5 Å². The van der Waals surface area contributed by atoms with E-state index in [4.69, 9.17) is 4.98 Å². The second-order valence-corrected chi connectivity index (χ2v) is 9.13. The van der Waals surface area contributed by atoms with Crippen molar-refractivity contribution in [3.63, 3.8) is 0 Å². The van der Waals surface area contributed by atoms with Crippen molar-refractivity contribution in [1.29, 1.82) is 0 Å². The molecule has 0 aliphatic heterocycles. The molecular weight excluding hydrogens is 384 g/mol. The van der Waals surface area contributed by atoms with Crippen LogP contribution in [0, 0.1) is 20.8 Å². The summed E-state index contributed by atoms with van der Waals surface area (Å²) in [7, 11) is 0. The lowest BCUT2D eigenvalue weighted by Gasteiger charge is -2.19. The average molecular weight is 413 g/mol. The number of nitrogens with zero attached hydrogens (tertiary/aromatic N) is 3. The molecule has 2 aromatic heterocycles. The molecule has 31 heavy (non-hydrogen) atoms. The predicted octanol–water partition coefficient (Wildman–Crippen LogP) is 5.90. The van der Waals surface area contributed by atoms with Crippen LogP contribution in [0.2, 0.25) is 0 Å². The molecule has 0 saturated carbocycles. The Labute approximate surface area is 183 Å². The van der Waals surface area contributed by atoms with Gasteiger partial charge in [-0.1, -0.05) is 51.1 Å². The third-order valence-electron chi connectivity index (χ3n) is 5.54. The van der Waals surface area contributed by atoms with Gasteiger partial charge in [0.25, 0.3) is 5.91 Å². The number of hydrogen-bond donors (Lipinski definition) is 1. The fraction of sp³-hybridized carbons (Fsp3) is 0.269. The Kier molecular flexibility index (Phi) is 5.13. The third-order valence-corrected chi connectivity index (χ3v) is 5.54. The number of carbonyl (C=O) groups excluding carboxylic acids is 1. The molecule has 0 aliphatic rings. The van der Waals surface area contributed by atoms with Gasteiger partial charge in [-0.2, -0.15) is 9.78 Å². The minimum Gasteiger partial charge on any atom is -0.306 e. The molecule has 0 bridgehead atoms. The Morgan fingerprint density at radius 2 is 1.65 bits per heavy atom. The molecule has 0 radical (unpaired) electrons. The van der Waals surface area contributed by atoms with E-state index in [2.05, 4.69) is 57.2 Å². The summed E-state index contributed by atoms with van der Waals surface area (Å²) in [6.45, 7) is 12.5. The predicted molar refractivity (Wildman–Crippen MR) is 126 cm³/mol. The van der Waals surface area contributed by atoms with Gasteiger partial charge in [0.2, 0.25) is 0 Å². The first-order chi connectivity index (χ1) is 14.6. The fourth-order valence-corrected chi connectivity index (χ4v) is 3.73. The highest BCUT2D eigenvalue weighted by molar-refractivity contribution is 6.04. The monoisotopic (exact) mass is 412 g/mol. The van der Waals surface area contributed by atoms with E-state index in [-0.39, 0.29) is 11.3 Å². The molecular formula is C26H28N4O. The molecule has 4 aromatic rings. The van der Waals surface area contributed by atoms with Crippen molar-refractivity contribution >= 4 is 22.6 Å². The number of para-hydroxylation sites is 1. The molecule has 0 atom stereocenters. The van der Waals surface area contributed by atoms with E-state index in [1.807, 2.05) is 49.4 Å². The van der Waals surface area contributed by atoms with Gasteiger partial charge in [0.1, 0.15) is 5.82 Å². The van der Waals surface area contributed by atoms with Crippen LogP contribution < -0.4 is 5.32 Å². The van der Waals surface area contributed by atoms with Crippen LogP contribution in [0.5, 0.6) is 0 Å². The van der Waals surface area contributed by atoms with Crippen molar-refractivity contribution in [2.75, 3.05) is 5.32 Å². The number of aromatic nitrogens is 3. The Hall–Kier alpha value is -3.47. The zero-order valence-electron chi connectivity index (χ0n) is 18.9. The summed E-state index contributed by atoms with van der Waals surface area (Å²) in [5.41, 5.74) is 5.82. The van der Waals surface area contributed by atoms with Crippen LogP contribution in [0.4, 0.5) is 5.82 Å². The summed E-state index contributed by atoms with van der Waals surface area (Å²) in [4.78, 5) is 17.8. The molecule has 0 aliphatic carbocycles. The normalized spacial score (nSPS) is 11.7. The summed E-state index contributed by atoms with van der Waals surface area (Å²) in [6, 6.07) is 17.8. The van der Waals surface area contributed by atoms with E-state index in [0.717, 1.165) is 27.7 Å². The second-order valence-electron chi connectivity index (χ2n) is 9.13. The molecule has 2 aromatic carbocycles. The Bertz CT molecular complexity index is 1280. The number of benzene rings is 2. The van der Waals surface area contributed by atoms with E-state index >= 15 is 0 Å². The Balaban J connectivity index is 1.69. The Morgan fingerprint density at radius 1 is 0.935 bits per heavy atom. The highest BCUT2D eigenvalue weighted by Gasteiger charge is 2.17. The molecule has 0 spiro atoms. The first-order valence-corrected chi connectivity index (χ1v) is 10.5. The van der Waals surface area contributed by atoms with Crippen molar-refractivity contribution < 1.29 is 4.79 Å². The minimum atomic E-state index is -0.171. The molecule has 5 heteroatoms. The smallest absolute Gasteiger partial charge is 0.256 e. The van der Waals surface area contributed by atoms with Crippen LogP contribution in [-0.2, 0) is 5.41 Å². The topological polar surface area (TPSA) is 59.8 Å². The maximum Gasteiger partial charge on any atom is 0.256 e. The van der Waals surface area contributed by atoms with E-state index < -0.39 is 0 Å². The number of carbonyl (C=O) groups is 1. The standard InChI is InChI=1S/C26H28N4O/c1-16-8-7-9-21-17(2)14-22(27-24(16)21)30-23(15-18(3)29-30)28-25(31)19-10-12-20(13-11-19)26(4,5)6/h7-15H,1-6H3,(H,28,31). The van der Waals surface area contributed by atoms with Gasteiger partial charge in [0, 0.05) is 17.0 Å². The number of pyridine rings is 1. The van der Waals surface area contributed by atoms with Gasteiger partial charge >= 0.3 is 0 Å². The molecule has 0 fully saturated rings. The number of amides is 1. The largest absolute Gasteiger partial charge is 0.306 e. The zero-order valence-corrected chi connectivity index (χ0v) is 18.9. The minimum absolute atomic E-state index is 0.0441. The van der Waals surface area contributed by atoms with E-state index in [9.17, 15) is 4.79 Å². The second kappa shape index (κ2) is 7.65. The fourth-order valence-electron chi connectivity index (χ4n) is 3.73. The highest BCUT2D eigenvalue weighted by Crippen LogP contribution is 2.25. The summed E-state index contributed by atoms with van der Waals surface area (Å²) in [5.74, 6) is 1.11. The number of anilines is 1. The van der Waals surface area contributed by atoms with Gasteiger partial charge in [0.15, 0.2) is 5.82 Å². The molecule has 0 unspecified atom stereocenters. The Morgan fingerprint density at radius 3 is 2.32 bits per heavy atom. The number of rotatable bonds is 3. The SMILES string of the molecule is Cc1cc(NC(=O)c2ccc(C(C)(C)C)cc2)n(-c2cc(C)c3cccc(C)c3n2)n1. The first kappa shape index (κ1) is 20.8. The van der Waals surface area contributed by atoms with Crippen molar-refractivity contribution in [2.45, 2.75) is 47.0 Å². The lowest BCUT2D eigenvalue weighted by molar-refractivity contribution is 0.102.